The van der Waals surface area contributed by atoms with Gasteiger partial charge in [-0.05, 0) is 37.5 Å². The minimum absolute atomic E-state index is 0.106. The van der Waals surface area contributed by atoms with E-state index < -0.39 is 97.5 Å². The van der Waals surface area contributed by atoms with Crippen LogP contribution in [-0.2, 0) is 65.4 Å². The van der Waals surface area contributed by atoms with Crippen LogP contribution in [0.15, 0.2) is 0 Å². The molecule has 100 heavy (non-hydrogen) atoms. The van der Waals surface area contributed by atoms with Gasteiger partial charge < -0.3 is 33.8 Å². The minimum atomic E-state index is -4.96. The number of phosphoric acid groups is 2. The molecule has 17 nitrogen and oxygen atoms in total. The van der Waals surface area contributed by atoms with Crippen molar-refractivity contribution in [3.8, 4) is 0 Å². The first kappa shape index (κ1) is 98.1. The summed E-state index contributed by atoms with van der Waals surface area (Å²) < 4.78 is 68.7. The Balaban J connectivity index is 5.22. The second-order valence-corrected chi connectivity index (χ2v) is 32.6. The molecule has 0 saturated carbocycles. The average Bonchev–Trinajstić information content (AvgIpc) is 0.977. The zero-order chi connectivity index (χ0) is 73.5. The number of aliphatic hydroxyl groups is 1. The summed E-state index contributed by atoms with van der Waals surface area (Å²) in [6.45, 7) is 9.65. The van der Waals surface area contributed by atoms with Crippen LogP contribution < -0.4 is 0 Å². The molecule has 0 amide bonds. The summed E-state index contributed by atoms with van der Waals surface area (Å²) in [5.74, 6) is -0.532. The first-order valence-corrected chi connectivity index (χ1v) is 45.1. The van der Waals surface area contributed by atoms with Crippen LogP contribution in [0.3, 0.4) is 0 Å². The van der Waals surface area contributed by atoms with Crippen molar-refractivity contribution in [3.63, 3.8) is 0 Å². The molecule has 0 aromatic heterocycles. The first-order valence-electron chi connectivity index (χ1n) is 42.1. The number of hydrogen-bond donors (Lipinski definition) is 3. The highest BCUT2D eigenvalue weighted by Crippen LogP contribution is 2.45. The summed E-state index contributed by atoms with van der Waals surface area (Å²) in [4.78, 5) is 73.0. The lowest BCUT2D eigenvalue weighted by Crippen LogP contribution is -2.30. The number of unbranched alkanes of at least 4 members (excludes halogenated alkanes) is 48. The third-order valence-electron chi connectivity index (χ3n) is 19.7. The lowest BCUT2D eigenvalue weighted by molar-refractivity contribution is -0.161. The molecule has 0 bridgehead atoms. The molecule has 0 heterocycles. The van der Waals surface area contributed by atoms with Crippen LogP contribution in [0.4, 0.5) is 0 Å². The maximum absolute atomic E-state index is 13.1. The topological polar surface area (TPSA) is 237 Å². The Labute approximate surface area is 613 Å². The fourth-order valence-corrected chi connectivity index (χ4v) is 14.1. The first-order chi connectivity index (χ1) is 48.4. The van der Waals surface area contributed by atoms with Gasteiger partial charge in [-0.25, -0.2) is 9.13 Å². The molecule has 7 atom stereocenters. The number of carbonyl (C=O) groups excluding carboxylic acids is 4. The van der Waals surface area contributed by atoms with Crippen LogP contribution in [0, 0.1) is 11.8 Å². The standard InChI is InChI=1S/C81H158O17P2/c1-7-11-13-15-17-19-21-23-24-25-26-27-28-29-30-31-32-34-40-47-53-59-65-80(85)97-76(69-92-79(84)64-58-52-46-39-36-35-37-43-49-55-61-73(5)9-3)71-95-99(87,88)93-67-75(82)68-94-100(89,90)96-72-77(98-81(86)66-60-54-48-42-41-44-50-56-62-74(6)10-4)70-91-78(83)63-57-51-45-38-33-22-20-18-16-14-12-8-2/h73-77,82H,7-72H2,1-6H3,(H,87,88)(H,89,90)/t73?,74?,75-,76-,77-/m1/s1. The van der Waals surface area contributed by atoms with E-state index in [2.05, 4.69) is 41.5 Å². The van der Waals surface area contributed by atoms with Crippen molar-refractivity contribution < 1.29 is 80.2 Å². The van der Waals surface area contributed by atoms with Crippen molar-refractivity contribution in [1.29, 1.82) is 0 Å². The molecule has 4 unspecified atom stereocenters. The Bertz CT molecular complexity index is 1930. The molecule has 0 saturated heterocycles. The van der Waals surface area contributed by atoms with E-state index in [1.807, 2.05) is 0 Å². The van der Waals surface area contributed by atoms with Gasteiger partial charge in [-0.15, -0.1) is 0 Å². The second kappa shape index (κ2) is 72.6. The molecule has 19 heteroatoms. The number of rotatable bonds is 80. The molecule has 0 spiro atoms. The van der Waals surface area contributed by atoms with E-state index in [-0.39, 0.29) is 25.7 Å². The fraction of sp³-hybridized carbons (Fsp3) is 0.951. The van der Waals surface area contributed by atoms with E-state index in [9.17, 15) is 43.2 Å². The molecule has 3 N–H and O–H groups in total. The molecule has 0 aromatic carbocycles. The van der Waals surface area contributed by atoms with Gasteiger partial charge in [0.2, 0.25) is 0 Å². The highest BCUT2D eigenvalue weighted by atomic mass is 31.2. The number of phosphoric ester groups is 2. The molecule has 0 aliphatic rings. The van der Waals surface area contributed by atoms with E-state index in [4.69, 9.17) is 37.0 Å². The van der Waals surface area contributed by atoms with Crippen LogP contribution in [-0.4, -0.2) is 96.7 Å². The highest BCUT2D eigenvalue weighted by Gasteiger charge is 2.30. The Morgan fingerprint density at radius 3 is 0.710 bits per heavy atom. The largest absolute Gasteiger partial charge is 0.472 e. The number of ether oxygens (including phenoxy) is 4. The number of hydrogen-bond acceptors (Lipinski definition) is 15. The monoisotopic (exact) mass is 1470 g/mol. The maximum atomic E-state index is 13.1. The summed E-state index contributed by atoms with van der Waals surface area (Å²) in [6, 6.07) is 0. The summed E-state index contributed by atoms with van der Waals surface area (Å²) in [5, 5.41) is 10.6. The second-order valence-electron chi connectivity index (χ2n) is 29.6. The zero-order valence-electron chi connectivity index (χ0n) is 65.5. The van der Waals surface area contributed by atoms with Gasteiger partial charge in [-0.3, -0.25) is 37.3 Å². The van der Waals surface area contributed by atoms with Gasteiger partial charge in [0, 0.05) is 25.7 Å². The molecule has 0 radical (unpaired) electrons. The van der Waals surface area contributed by atoms with Crippen molar-refractivity contribution in [2.24, 2.45) is 11.8 Å². The normalized spacial score (nSPS) is 14.4. The van der Waals surface area contributed by atoms with E-state index in [1.165, 1.54) is 244 Å². The van der Waals surface area contributed by atoms with Gasteiger partial charge in [0.05, 0.1) is 26.4 Å². The van der Waals surface area contributed by atoms with Gasteiger partial charge in [-0.1, -0.05) is 375 Å². The molecule has 594 valence electrons. The smallest absolute Gasteiger partial charge is 0.462 e. The number of carbonyl (C=O) groups is 4. The minimum Gasteiger partial charge on any atom is -0.462 e. The van der Waals surface area contributed by atoms with Gasteiger partial charge in [0.1, 0.15) is 19.3 Å². The summed E-state index contributed by atoms with van der Waals surface area (Å²) in [7, 11) is -9.92. The molecule has 0 aliphatic heterocycles. The summed E-state index contributed by atoms with van der Waals surface area (Å²) >= 11 is 0. The third-order valence-corrected chi connectivity index (χ3v) is 21.6. The van der Waals surface area contributed by atoms with Crippen molar-refractivity contribution in [2.75, 3.05) is 39.6 Å². The van der Waals surface area contributed by atoms with E-state index in [0.29, 0.717) is 25.7 Å². The third kappa shape index (κ3) is 71.7. The molecule has 0 fully saturated rings. The average molecular weight is 1470 g/mol. The van der Waals surface area contributed by atoms with Crippen LogP contribution in [0.2, 0.25) is 0 Å². The van der Waals surface area contributed by atoms with Crippen LogP contribution in [0.1, 0.15) is 427 Å². The number of aliphatic hydroxyl groups excluding tert-OH is 1. The molecule has 0 aromatic rings. The fourth-order valence-electron chi connectivity index (χ4n) is 12.5. The Morgan fingerprint density at radius 1 is 0.280 bits per heavy atom. The Hall–Kier alpha value is -1.94. The predicted molar refractivity (Wildman–Crippen MR) is 409 cm³/mol. The lowest BCUT2D eigenvalue weighted by Gasteiger charge is -2.21. The number of esters is 4. The Kier molecular flexibility index (Phi) is 71.2. The van der Waals surface area contributed by atoms with Crippen molar-refractivity contribution in [1.82, 2.24) is 0 Å². The van der Waals surface area contributed by atoms with E-state index >= 15 is 0 Å². The van der Waals surface area contributed by atoms with Gasteiger partial charge >= 0.3 is 39.5 Å². The molecule has 0 rings (SSSR count). The van der Waals surface area contributed by atoms with Gasteiger partial charge in [0.15, 0.2) is 12.2 Å². The van der Waals surface area contributed by atoms with Crippen molar-refractivity contribution in [2.45, 2.75) is 445 Å². The molecular formula is C81H158O17P2. The lowest BCUT2D eigenvalue weighted by atomic mass is 9.99. The van der Waals surface area contributed by atoms with E-state index in [1.54, 1.807) is 0 Å². The summed E-state index contributed by atoms with van der Waals surface area (Å²) in [6.07, 6.45) is 62.4. The van der Waals surface area contributed by atoms with Crippen molar-refractivity contribution >= 4 is 39.5 Å². The van der Waals surface area contributed by atoms with Crippen LogP contribution in [0.5, 0.6) is 0 Å². The van der Waals surface area contributed by atoms with E-state index in [0.717, 1.165) is 102 Å². The van der Waals surface area contributed by atoms with Crippen LogP contribution >= 0.6 is 15.6 Å². The summed E-state index contributed by atoms with van der Waals surface area (Å²) in [5.41, 5.74) is 0. The van der Waals surface area contributed by atoms with Gasteiger partial charge in [0.25, 0.3) is 0 Å². The van der Waals surface area contributed by atoms with Gasteiger partial charge in [-0.2, -0.15) is 0 Å². The maximum Gasteiger partial charge on any atom is 0.472 e. The SMILES string of the molecule is CCCCCCCCCCCCCCCCCCCCCCCCC(=O)O[C@H](COC(=O)CCCCCCCCCCCCC(C)CC)COP(=O)(O)OC[C@@H](O)COP(=O)(O)OC[C@@H](COC(=O)CCCCCCCCCCCCCC)OC(=O)CCCCCCCCCCC(C)CC. The van der Waals surface area contributed by atoms with Crippen LogP contribution in [0.25, 0.3) is 0 Å². The highest BCUT2D eigenvalue weighted by molar-refractivity contribution is 7.47. The zero-order valence-corrected chi connectivity index (χ0v) is 67.3. The molecule has 0 aliphatic carbocycles. The quantitative estimate of drug-likeness (QED) is 0.0222. The predicted octanol–water partition coefficient (Wildman–Crippen LogP) is 24.3. The Morgan fingerprint density at radius 2 is 0.480 bits per heavy atom. The molecular weight excluding hydrogens is 1310 g/mol. The van der Waals surface area contributed by atoms with Crippen molar-refractivity contribution in [3.05, 3.63) is 0 Å².